The molecule has 0 radical (unpaired) electrons. The molecule has 138 valence electrons. The fraction of sp³-hybridized carbons (Fsp3) is 0.421. The molecule has 0 spiro atoms. The minimum Gasteiger partial charge on any atom is -0.497 e. The summed E-state index contributed by atoms with van der Waals surface area (Å²) in [5, 5.41) is 7.06. The van der Waals surface area contributed by atoms with Crippen molar-refractivity contribution < 1.29 is 14.3 Å². The number of amides is 2. The summed E-state index contributed by atoms with van der Waals surface area (Å²) in [6.45, 7) is 5.19. The molecular weight excluding hydrogens is 332 g/mol. The van der Waals surface area contributed by atoms with Gasteiger partial charge in [0.1, 0.15) is 11.8 Å². The van der Waals surface area contributed by atoms with Crippen molar-refractivity contribution in [3.8, 4) is 5.75 Å². The van der Waals surface area contributed by atoms with Crippen LogP contribution in [-0.4, -0.2) is 52.2 Å². The lowest BCUT2D eigenvalue weighted by Crippen LogP contribution is -2.43. The fourth-order valence-electron chi connectivity index (χ4n) is 3.08. The van der Waals surface area contributed by atoms with Crippen LogP contribution in [0.5, 0.6) is 5.75 Å². The lowest BCUT2D eigenvalue weighted by molar-refractivity contribution is -0.130. The highest BCUT2D eigenvalue weighted by atomic mass is 16.5. The zero-order chi connectivity index (χ0) is 18.7. The van der Waals surface area contributed by atoms with E-state index < -0.39 is 6.04 Å². The molecule has 1 aromatic heterocycles. The summed E-state index contributed by atoms with van der Waals surface area (Å²) in [5.41, 5.74) is 1.51. The lowest BCUT2D eigenvalue weighted by Gasteiger charge is -2.21. The normalized spacial score (nSPS) is 17.0. The van der Waals surface area contributed by atoms with Crippen LogP contribution in [0.2, 0.25) is 0 Å². The molecule has 26 heavy (non-hydrogen) atoms. The van der Waals surface area contributed by atoms with Crippen LogP contribution in [0, 0.1) is 0 Å². The molecule has 7 heteroatoms. The molecule has 1 aliphatic heterocycles. The van der Waals surface area contributed by atoms with Gasteiger partial charge >= 0.3 is 0 Å². The first-order valence-corrected chi connectivity index (χ1v) is 8.74. The van der Waals surface area contributed by atoms with Gasteiger partial charge in [-0.15, -0.1) is 0 Å². The Hall–Kier alpha value is -2.83. The number of hydrogen-bond acceptors (Lipinski definition) is 4. The predicted octanol–water partition coefficient (Wildman–Crippen LogP) is 1.68. The third-order valence-electron chi connectivity index (χ3n) is 4.57. The van der Waals surface area contributed by atoms with Crippen molar-refractivity contribution in [2.24, 2.45) is 0 Å². The molecule has 0 saturated carbocycles. The quantitative estimate of drug-likeness (QED) is 0.854. The highest BCUT2D eigenvalue weighted by Crippen LogP contribution is 2.15. The average Bonchev–Trinajstić information content (AvgIpc) is 3.23. The van der Waals surface area contributed by atoms with E-state index in [1.165, 1.54) is 6.20 Å². The van der Waals surface area contributed by atoms with Crippen LogP contribution < -0.4 is 10.1 Å². The molecule has 1 fully saturated rings. The third kappa shape index (κ3) is 3.87. The van der Waals surface area contributed by atoms with Gasteiger partial charge in [-0.25, -0.2) is 0 Å². The molecule has 1 saturated heterocycles. The number of aromatic nitrogens is 2. The molecule has 7 nitrogen and oxygen atoms in total. The molecule has 1 N–H and O–H groups in total. The zero-order valence-corrected chi connectivity index (χ0v) is 15.3. The smallest absolute Gasteiger partial charge is 0.255 e. The van der Waals surface area contributed by atoms with Crippen molar-refractivity contribution in [2.75, 3.05) is 13.7 Å². The van der Waals surface area contributed by atoms with Gasteiger partial charge in [-0.05, 0) is 38.0 Å². The first-order chi connectivity index (χ1) is 12.5. The van der Waals surface area contributed by atoms with Crippen molar-refractivity contribution in [3.63, 3.8) is 0 Å². The summed E-state index contributed by atoms with van der Waals surface area (Å²) >= 11 is 0. The highest BCUT2D eigenvalue weighted by Gasteiger charge is 2.34. The number of nitrogens with one attached hydrogen (secondary N) is 1. The predicted molar refractivity (Wildman–Crippen MR) is 97.0 cm³/mol. The lowest BCUT2D eigenvalue weighted by atomic mass is 10.2. The van der Waals surface area contributed by atoms with E-state index in [1.54, 1.807) is 22.9 Å². The van der Waals surface area contributed by atoms with E-state index in [9.17, 15) is 9.59 Å². The van der Waals surface area contributed by atoms with Crippen LogP contribution in [0.1, 0.15) is 36.2 Å². The van der Waals surface area contributed by atoms with Crippen LogP contribution in [0.4, 0.5) is 0 Å². The maximum Gasteiger partial charge on any atom is 0.255 e. The Morgan fingerprint density at radius 1 is 1.35 bits per heavy atom. The molecule has 1 aromatic carbocycles. The summed E-state index contributed by atoms with van der Waals surface area (Å²) in [7, 11) is 1.63. The summed E-state index contributed by atoms with van der Waals surface area (Å²) in [6.07, 6.45) is 3.86. The summed E-state index contributed by atoms with van der Waals surface area (Å²) < 4.78 is 6.84. The van der Waals surface area contributed by atoms with E-state index in [-0.39, 0.29) is 17.9 Å². The number of ether oxygens (including phenoxy) is 1. The van der Waals surface area contributed by atoms with E-state index in [2.05, 4.69) is 10.4 Å². The van der Waals surface area contributed by atoms with E-state index >= 15 is 0 Å². The van der Waals surface area contributed by atoms with Crippen molar-refractivity contribution in [1.29, 1.82) is 0 Å². The SMILES string of the molecule is COc1ccc(Cn2cc(C(=O)NC3CCN(C(C)C)C3=O)cn2)cc1. The maximum absolute atomic E-state index is 12.4. The van der Waals surface area contributed by atoms with Crippen LogP contribution in [0.15, 0.2) is 36.7 Å². The van der Waals surface area contributed by atoms with E-state index in [4.69, 9.17) is 4.74 Å². The maximum atomic E-state index is 12.4. The standard InChI is InChI=1S/C19H24N4O3/c1-13(2)23-9-8-17(19(23)25)21-18(24)15-10-20-22(12-15)11-14-4-6-16(26-3)7-5-14/h4-7,10,12-13,17H,8-9,11H2,1-3H3,(H,21,24). The zero-order valence-electron chi connectivity index (χ0n) is 15.3. The Balaban J connectivity index is 1.60. The van der Waals surface area contributed by atoms with Gasteiger partial charge in [0.2, 0.25) is 5.91 Å². The number of carbonyl (C=O) groups is 2. The van der Waals surface area contributed by atoms with E-state index in [0.717, 1.165) is 11.3 Å². The third-order valence-corrected chi connectivity index (χ3v) is 4.57. The second-order valence-corrected chi connectivity index (χ2v) is 6.71. The number of carbonyl (C=O) groups excluding carboxylic acids is 2. The topological polar surface area (TPSA) is 76.5 Å². The number of rotatable bonds is 6. The first kappa shape index (κ1) is 18.0. The number of likely N-dealkylation sites (tertiary alicyclic amines) is 1. The van der Waals surface area contributed by atoms with Gasteiger partial charge in [-0.1, -0.05) is 12.1 Å². The van der Waals surface area contributed by atoms with E-state index in [0.29, 0.717) is 25.1 Å². The van der Waals surface area contributed by atoms with Crippen molar-refractivity contribution in [1.82, 2.24) is 20.0 Å². The minimum absolute atomic E-state index is 0.0148. The number of nitrogens with zero attached hydrogens (tertiary/aromatic N) is 3. The fourth-order valence-corrected chi connectivity index (χ4v) is 3.08. The van der Waals surface area contributed by atoms with E-state index in [1.807, 2.05) is 38.1 Å². The molecule has 2 amide bonds. The molecule has 0 bridgehead atoms. The molecule has 1 atom stereocenters. The largest absolute Gasteiger partial charge is 0.497 e. The number of methoxy groups -OCH3 is 1. The van der Waals surface area contributed by atoms with Gasteiger partial charge in [0.05, 0.1) is 25.4 Å². The summed E-state index contributed by atoms with van der Waals surface area (Å²) in [5.74, 6) is 0.514. The van der Waals surface area contributed by atoms with Gasteiger partial charge in [0.15, 0.2) is 0 Å². The average molecular weight is 356 g/mol. The van der Waals surface area contributed by atoms with Gasteiger partial charge in [0, 0.05) is 18.8 Å². The Morgan fingerprint density at radius 3 is 2.69 bits per heavy atom. The van der Waals surface area contributed by atoms with Gasteiger partial charge in [-0.3, -0.25) is 14.3 Å². The van der Waals surface area contributed by atoms with Crippen LogP contribution in [-0.2, 0) is 11.3 Å². The van der Waals surface area contributed by atoms with Crippen LogP contribution in [0.25, 0.3) is 0 Å². The molecular formula is C19H24N4O3. The van der Waals surface area contributed by atoms with Crippen LogP contribution in [0.3, 0.4) is 0 Å². The van der Waals surface area contributed by atoms with Gasteiger partial charge in [-0.2, -0.15) is 5.10 Å². The monoisotopic (exact) mass is 356 g/mol. The Kier molecular flexibility index (Phi) is 5.25. The first-order valence-electron chi connectivity index (χ1n) is 8.74. The molecule has 3 rings (SSSR count). The molecule has 0 aliphatic carbocycles. The Bertz CT molecular complexity index is 782. The second kappa shape index (κ2) is 7.59. The van der Waals surface area contributed by atoms with Crippen molar-refractivity contribution in [3.05, 3.63) is 47.8 Å². The number of benzene rings is 1. The number of hydrogen-bond donors (Lipinski definition) is 1. The van der Waals surface area contributed by atoms with Crippen LogP contribution >= 0.6 is 0 Å². The van der Waals surface area contributed by atoms with Gasteiger partial charge in [0.25, 0.3) is 5.91 Å². The van der Waals surface area contributed by atoms with Gasteiger partial charge < -0.3 is 15.0 Å². The summed E-state index contributed by atoms with van der Waals surface area (Å²) in [4.78, 5) is 26.5. The molecule has 2 heterocycles. The molecule has 2 aromatic rings. The molecule has 1 unspecified atom stereocenters. The minimum atomic E-state index is -0.449. The van der Waals surface area contributed by atoms with Crippen molar-refractivity contribution >= 4 is 11.8 Å². The summed E-state index contributed by atoms with van der Waals surface area (Å²) in [6, 6.07) is 7.39. The Labute approximate surface area is 152 Å². The van der Waals surface area contributed by atoms with Crippen molar-refractivity contribution in [2.45, 2.75) is 38.9 Å². The Morgan fingerprint density at radius 2 is 2.08 bits per heavy atom. The second-order valence-electron chi connectivity index (χ2n) is 6.71. The highest BCUT2D eigenvalue weighted by molar-refractivity contribution is 5.97. The molecule has 1 aliphatic rings.